The van der Waals surface area contributed by atoms with Gasteiger partial charge in [0.05, 0.1) is 26.3 Å². The van der Waals surface area contributed by atoms with Crippen LogP contribution in [0.4, 0.5) is 13.2 Å². The molecule has 2 N–H and O–H groups in total. The van der Waals surface area contributed by atoms with E-state index in [0.717, 1.165) is 24.3 Å². The number of halogens is 3. The van der Waals surface area contributed by atoms with Crippen LogP contribution in [-0.4, -0.2) is 23.3 Å². The van der Waals surface area contributed by atoms with Crippen molar-refractivity contribution in [3.63, 3.8) is 0 Å². The monoisotopic (exact) mass is 386 g/mol. The van der Waals surface area contributed by atoms with E-state index in [0.29, 0.717) is 12.1 Å². The van der Waals surface area contributed by atoms with Crippen LogP contribution in [0.5, 0.6) is 0 Å². The number of aromatic amines is 1. The minimum absolute atomic E-state index is 0.233. The van der Waals surface area contributed by atoms with Gasteiger partial charge in [-0.3, -0.25) is 4.79 Å². The Balaban J connectivity index is 2.33. The average molecular weight is 386 g/mol. The lowest BCUT2D eigenvalue weighted by Crippen LogP contribution is -2.33. The summed E-state index contributed by atoms with van der Waals surface area (Å²) in [6.45, 7) is 0. The molecule has 1 aromatic heterocycles. The van der Waals surface area contributed by atoms with Crippen LogP contribution in [0, 0.1) is 0 Å². The molecule has 0 unspecified atom stereocenters. The summed E-state index contributed by atoms with van der Waals surface area (Å²) in [5.74, 6) is 0. The number of H-pyrrole nitrogens is 1. The highest BCUT2D eigenvalue weighted by Gasteiger charge is 2.32. The largest absolute Gasteiger partial charge is 0.421 e. The van der Waals surface area contributed by atoms with Gasteiger partial charge in [-0.05, 0) is 30.3 Å². The zero-order chi connectivity index (χ0) is 19.3. The molecule has 0 aliphatic rings. The fraction of sp³-hybridized carbons (Fsp3) is 0.0667. The number of nitrogens with zero attached hydrogens (tertiary/aromatic N) is 1. The molecule has 7 nitrogen and oxygen atoms in total. The van der Waals surface area contributed by atoms with Crippen molar-refractivity contribution in [2.75, 3.05) is 0 Å². The number of hydrogen-bond acceptors (Lipinski definition) is 5. The van der Waals surface area contributed by atoms with E-state index < -0.39 is 48.1 Å². The van der Waals surface area contributed by atoms with E-state index in [9.17, 15) is 36.4 Å². The molecule has 136 valence electrons. The van der Waals surface area contributed by atoms with Gasteiger partial charge in [0, 0.05) is 0 Å². The Bertz CT molecular complexity index is 1240. The number of sulfone groups is 1. The molecule has 0 bridgehead atoms. The summed E-state index contributed by atoms with van der Waals surface area (Å²) in [5.41, 5.74) is -4.02. The summed E-state index contributed by atoms with van der Waals surface area (Å²) in [7, 11) is -4.49. The number of aromatic nitrogens is 2. The van der Waals surface area contributed by atoms with Crippen molar-refractivity contribution < 1.29 is 26.8 Å². The van der Waals surface area contributed by atoms with Crippen LogP contribution in [0.15, 0.2) is 61.8 Å². The van der Waals surface area contributed by atoms with E-state index in [1.807, 2.05) is 4.98 Å². The normalized spacial score (nSPS) is 12.4. The van der Waals surface area contributed by atoms with Gasteiger partial charge >= 0.3 is 11.9 Å². The van der Waals surface area contributed by atoms with Gasteiger partial charge in [-0.15, -0.1) is 0 Å². The number of para-hydroxylation sites is 1. The van der Waals surface area contributed by atoms with Crippen LogP contribution in [-0.2, 0) is 16.0 Å². The predicted molar refractivity (Wildman–Crippen MR) is 82.9 cm³/mol. The first kappa shape index (κ1) is 17.7. The van der Waals surface area contributed by atoms with Gasteiger partial charge in [-0.1, -0.05) is 16.9 Å². The quantitative estimate of drug-likeness (QED) is 0.653. The summed E-state index contributed by atoms with van der Waals surface area (Å²) in [6, 6.07) is 6.44. The van der Waals surface area contributed by atoms with Crippen molar-refractivity contribution in [2.24, 2.45) is 0 Å². The second-order valence-corrected chi connectivity index (χ2v) is 7.17. The smallest absolute Gasteiger partial charge is 0.416 e. The second kappa shape index (κ2) is 5.73. The summed E-state index contributed by atoms with van der Waals surface area (Å²) < 4.78 is 63.9. The Labute approximate surface area is 142 Å². The lowest BCUT2D eigenvalue weighted by molar-refractivity contribution is -0.137. The van der Waals surface area contributed by atoms with E-state index in [2.05, 4.69) is 0 Å². The fourth-order valence-corrected chi connectivity index (χ4v) is 3.88. The van der Waals surface area contributed by atoms with Gasteiger partial charge in [0.1, 0.15) is 0 Å². The molecule has 0 amide bonds. The first-order valence-corrected chi connectivity index (χ1v) is 8.41. The van der Waals surface area contributed by atoms with Crippen LogP contribution in [0.1, 0.15) is 5.56 Å². The standard InChI is InChI=1S/C15H9F3N2O5S/c16-15(17,18)8-3-1-4-9(7-8)26(24,25)11-6-2-5-10-12(11)19-14(22)20(23)13(10)21/h1-7,23H,(H,19,22). The number of rotatable bonds is 2. The van der Waals surface area contributed by atoms with Gasteiger partial charge in [-0.2, -0.15) is 13.2 Å². The number of hydrogen-bond donors (Lipinski definition) is 2. The van der Waals surface area contributed by atoms with Gasteiger partial charge < -0.3 is 10.2 Å². The molecule has 0 saturated carbocycles. The first-order chi connectivity index (χ1) is 12.0. The molecule has 0 aliphatic heterocycles. The van der Waals surface area contributed by atoms with E-state index in [1.165, 1.54) is 6.07 Å². The van der Waals surface area contributed by atoms with Crippen molar-refractivity contribution in [3.05, 3.63) is 68.9 Å². The zero-order valence-corrected chi connectivity index (χ0v) is 13.4. The highest BCUT2D eigenvalue weighted by Crippen LogP contribution is 2.32. The van der Waals surface area contributed by atoms with Crippen LogP contribution < -0.4 is 11.2 Å². The molecule has 0 aliphatic carbocycles. The van der Waals surface area contributed by atoms with Gasteiger partial charge in [-0.25, -0.2) is 13.2 Å². The molecule has 26 heavy (non-hydrogen) atoms. The summed E-state index contributed by atoms with van der Waals surface area (Å²) in [4.78, 5) is 24.3. The van der Waals surface area contributed by atoms with Crippen molar-refractivity contribution in [1.82, 2.24) is 9.71 Å². The Morgan fingerprint density at radius 3 is 2.35 bits per heavy atom. The summed E-state index contributed by atoms with van der Waals surface area (Å²) in [6.07, 6.45) is -4.75. The molecule has 0 spiro atoms. The molecule has 1 heterocycles. The zero-order valence-electron chi connectivity index (χ0n) is 12.6. The minimum atomic E-state index is -4.75. The predicted octanol–water partition coefficient (Wildman–Crippen LogP) is 1.78. The number of fused-ring (bicyclic) bond motifs is 1. The molecule has 0 radical (unpaired) electrons. The van der Waals surface area contributed by atoms with Crippen LogP contribution in [0.25, 0.3) is 10.9 Å². The van der Waals surface area contributed by atoms with Crippen molar-refractivity contribution in [1.29, 1.82) is 0 Å². The van der Waals surface area contributed by atoms with Crippen LogP contribution in [0.2, 0.25) is 0 Å². The Morgan fingerprint density at radius 2 is 1.69 bits per heavy atom. The number of alkyl halides is 3. The summed E-state index contributed by atoms with van der Waals surface area (Å²) in [5, 5.41) is 9.01. The maximum atomic E-state index is 12.8. The maximum Gasteiger partial charge on any atom is 0.416 e. The van der Waals surface area contributed by atoms with Crippen molar-refractivity contribution in [2.45, 2.75) is 16.0 Å². The average Bonchev–Trinajstić information content (AvgIpc) is 2.58. The van der Waals surface area contributed by atoms with Gasteiger partial charge in [0.2, 0.25) is 9.84 Å². The van der Waals surface area contributed by atoms with Gasteiger partial charge in [0.25, 0.3) is 5.56 Å². The van der Waals surface area contributed by atoms with E-state index in [1.54, 1.807) is 0 Å². The topological polar surface area (TPSA) is 109 Å². The molecule has 0 atom stereocenters. The molecule has 0 fully saturated rings. The highest BCUT2D eigenvalue weighted by molar-refractivity contribution is 7.91. The molecule has 11 heteroatoms. The van der Waals surface area contributed by atoms with E-state index in [-0.39, 0.29) is 10.1 Å². The third-order valence-electron chi connectivity index (χ3n) is 3.63. The van der Waals surface area contributed by atoms with E-state index >= 15 is 0 Å². The third-order valence-corrected chi connectivity index (χ3v) is 5.43. The van der Waals surface area contributed by atoms with E-state index in [4.69, 9.17) is 0 Å². The molecule has 3 rings (SSSR count). The Kier molecular flexibility index (Phi) is 3.91. The van der Waals surface area contributed by atoms with Crippen LogP contribution >= 0.6 is 0 Å². The number of benzene rings is 2. The number of nitrogens with one attached hydrogen (secondary N) is 1. The fourth-order valence-electron chi connectivity index (χ4n) is 2.39. The molecular formula is C15H9F3N2O5S. The first-order valence-electron chi connectivity index (χ1n) is 6.93. The SMILES string of the molecule is O=c1[nH]c2c(S(=O)(=O)c3cccc(C(F)(F)F)c3)cccc2c(=O)n1O. The van der Waals surface area contributed by atoms with Crippen molar-refractivity contribution in [3.8, 4) is 0 Å². The second-order valence-electron chi connectivity index (χ2n) is 5.25. The van der Waals surface area contributed by atoms with Gasteiger partial charge in [0.15, 0.2) is 0 Å². The Hall–Kier alpha value is -3.08. The molecule has 3 aromatic rings. The molecular weight excluding hydrogens is 377 g/mol. The lowest BCUT2D eigenvalue weighted by Gasteiger charge is -2.11. The summed E-state index contributed by atoms with van der Waals surface area (Å²) >= 11 is 0. The third kappa shape index (κ3) is 2.75. The highest BCUT2D eigenvalue weighted by atomic mass is 32.2. The van der Waals surface area contributed by atoms with Crippen LogP contribution in [0.3, 0.4) is 0 Å². The Morgan fingerprint density at radius 1 is 1.04 bits per heavy atom. The van der Waals surface area contributed by atoms with Crippen molar-refractivity contribution >= 4 is 20.7 Å². The molecule has 2 aromatic carbocycles. The lowest BCUT2D eigenvalue weighted by atomic mass is 10.2. The maximum absolute atomic E-state index is 12.8. The minimum Gasteiger partial charge on any atom is -0.421 e. The molecule has 0 saturated heterocycles.